The van der Waals surface area contributed by atoms with Crippen LogP contribution in [-0.2, 0) is 6.54 Å². The number of nitrogens with one attached hydrogen (secondary N) is 1. The van der Waals surface area contributed by atoms with Crippen molar-refractivity contribution >= 4 is 17.7 Å². The molecule has 0 aliphatic carbocycles. The van der Waals surface area contributed by atoms with Gasteiger partial charge in [-0.25, -0.2) is 0 Å². The Bertz CT molecular complexity index is 1100. The highest BCUT2D eigenvalue weighted by Gasteiger charge is 2.24. The van der Waals surface area contributed by atoms with Crippen molar-refractivity contribution < 1.29 is 8.94 Å². The molecule has 1 saturated heterocycles. The summed E-state index contributed by atoms with van der Waals surface area (Å²) in [6.45, 7) is 4.46. The molecule has 4 aromatic rings. The number of nitrogens with zero attached hydrogens (tertiary/aromatic N) is 7. The fourth-order valence-corrected chi connectivity index (χ4v) is 3.38. The van der Waals surface area contributed by atoms with E-state index in [9.17, 15) is 0 Å². The summed E-state index contributed by atoms with van der Waals surface area (Å²) in [4.78, 5) is 15.4. The predicted molar refractivity (Wildman–Crippen MR) is 99.2 cm³/mol. The second-order valence-corrected chi connectivity index (χ2v) is 6.82. The summed E-state index contributed by atoms with van der Waals surface area (Å²) in [7, 11) is 0. The lowest BCUT2D eigenvalue weighted by Gasteiger charge is -2.15. The molecule has 28 heavy (non-hydrogen) atoms. The summed E-state index contributed by atoms with van der Waals surface area (Å²) in [5.74, 6) is 2.81. The Hall–Kier alpha value is -3.47. The average Bonchev–Trinajstić information content (AvgIpc) is 3.43. The molecular formula is C17H19N9O2. The van der Waals surface area contributed by atoms with Crippen LogP contribution in [0, 0.1) is 6.92 Å². The summed E-state index contributed by atoms with van der Waals surface area (Å²) in [5, 5.41) is 11.7. The molecule has 1 fully saturated rings. The van der Waals surface area contributed by atoms with Crippen molar-refractivity contribution in [1.29, 1.82) is 0 Å². The summed E-state index contributed by atoms with van der Waals surface area (Å²) < 4.78 is 11.9. The topological polar surface area (TPSA) is 136 Å². The van der Waals surface area contributed by atoms with Gasteiger partial charge in [-0.15, -0.1) is 5.10 Å². The molecule has 1 atom stereocenters. The van der Waals surface area contributed by atoms with E-state index in [4.69, 9.17) is 14.7 Å². The van der Waals surface area contributed by atoms with Gasteiger partial charge in [0.15, 0.2) is 5.76 Å². The van der Waals surface area contributed by atoms with Crippen molar-refractivity contribution in [3.8, 4) is 11.6 Å². The highest BCUT2D eigenvalue weighted by Crippen LogP contribution is 2.20. The second-order valence-electron chi connectivity index (χ2n) is 6.82. The zero-order valence-electron chi connectivity index (χ0n) is 15.2. The lowest BCUT2D eigenvalue weighted by Crippen LogP contribution is -2.27. The lowest BCUT2D eigenvalue weighted by atomic mass is 10.3. The normalized spacial score (nSPS) is 17.5. The number of anilines is 2. The standard InChI is InChI=1S/C17H19N9O2/c1-10-7-12(24-28-10)9-25-5-4-11(8-25)19-16-21-15(18)26-17(22-16)20-14(23-26)13-3-2-6-27-13/h2-3,6-7,11H,4-5,8-9H2,1H3,(H3,18,19,20,21,22,23). The van der Waals surface area contributed by atoms with Crippen molar-refractivity contribution in [1.82, 2.24) is 34.6 Å². The summed E-state index contributed by atoms with van der Waals surface area (Å²) in [6, 6.07) is 5.72. The van der Waals surface area contributed by atoms with Gasteiger partial charge in [-0.3, -0.25) is 4.90 Å². The first-order valence-electron chi connectivity index (χ1n) is 8.99. The minimum atomic E-state index is 0.210. The maximum atomic E-state index is 6.04. The number of furan rings is 1. The van der Waals surface area contributed by atoms with Crippen LogP contribution in [-0.4, -0.2) is 53.8 Å². The number of hydrogen-bond donors (Lipinski definition) is 2. The van der Waals surface area contributed by atoms with E-state index < -0.39 is 0 Å². The predicted octanol–water partition coefficient (Wildman–Crippen LogP) is 1.34. The Morgan fingerprint density at radius 2 is 2.25 bits per heavy atom. The van der Waals surface area contributed by atoms with Gasteiger partial charge in [0.2, 0.25) is 17.7 Å². The quantitative estimate of drug-likeness (QED) is 0.521. The molecule has 0 spiro atoms. The number of nitrogens with two attached hydrogens (primary N) is 1. The Morgan fingerprint density at radius 3 is 3.04 bits per heavy atom. The zero-order valence-corrected chi connectivity index (χ0v) is 15.2. The number of aromatic nitrogens is 6. The number of hydrogen-bond acceptors (Lipinski definition) is 10. The van der Waals surface area contributed by atoms with Crippen molar-refractivity contribution in [2.75, 3.05) is 24.1 Å². The number of likely N-dealkylation sites (tertiary alicyclic amines) is 1. The van der Waals surface area contributed by atoms with E-state index in [2.05, 4.69) is 35.4 Å². The van der Waals surface area contributed by atoms with Crippen LogP contribution < -0.4 is 11.1 Å². The number of rotatable bonds is 5. The monoisotopic (exact) mass is 381 g/mol. The Morgan fingerprint density at radius 1 is 1.32 bits per heavy atom. The molecule has 0 aromatic carbocycles. The minimum Gasteiger partial charge on any atom is -0.461 e. The van der Waals surface area contributed by atoms with E-state index in [1.54, 1.807) is 18.4 Å². The SMILES string of the molecule is Cc1cc(CN2CCC(Nc3nc(N)n4nc(-c5ccco5)nc4n3)C2)no1. The molecule has 5 rings (SSSR count). The molecule has 11 nitrogen and oxygen atoms in total. The molecular weight excluding hydrogens is 362 g/mol. The molecule has 1 unspecified atom stereocenters. The molecule has 5 heterocycles. The molecule has 3 N–H and O–H groups in total. The van der Waals surface area contributed by atoms with Crippen LogP contribution in [0.1, 0.15) is 17.9 Å². The fourth-order valence-electron chi connectivity index (χ4n) is 3.38. The average molecular weight is 381 g/mol. The van der Waals surface area contributed by atoms with Gasteiger partial charge in [0.1, 0.15) is 5.76 Å². The molecule has 1 aliphatic heterocycles. The second kappa shape index (κ2) is 6.60. The fraction of sp³-hybridized carbons (Fsp3) is 0.353. The van der Waals surface area contributed by atoms with Crippen LogP contribution in [0.3, 0.4) is 0 Å². The lowest BCUT2D eigenvalue weighted by molar-refractivity contribution is 0.309. The molecule has 0 amide bonds. The van der Waals surface area contributed by atoms with Crippen LogP contribution in [0.5, 0.6) is 0 Å². The molecule has 1 aliphatic rings. The van der Waals surface area contributed by atoms with Crippen LogP contribution in [0.25, 0.3) is 17.4 Å². The molecule has 144 valence electrons. The van der Waals surface area contributed by atoms with Gasteiger partial charge in [0.05, 0.1) is 12.0 Å². The number of aryl methyl sites for hydroxylation is 1. The number of nitrogen functional groups attached to an aromatic ring is 1. The molecule has 0 radical (unpaired) electrons. The zero-order chi connectivity index (χ0) is 19.1. The van der Waals surface area contributed by atoms with E-state index >= 15 is 0 Å². The third-order valence-corrected chi connectivity index (χ3v) is 4.64. The van der Waals surface area contributed by atoms with E-state index in [0.717, 1.165) is 37.5 Å². The summed E-state index contributed by atoms with van der Waals surface area (Å²) in [6.07, 6.45) is 2.53. The van der Waals surface area contributed by atoms with E-state index in [1.165, 1.54) is 4.52 Å². The number of fused-ring (bicyclic) bond motifs is 1. The molecule has 11 heteroatoms. The Labute approximate surface area is 159 Å². The van der Waals surface area contributed by atoms with E-state index in [1.807, 2.05) is 13.0 Å². The van der Waals surface area contributed by atoms with E-state index in [0.29, 0.717) is 23.3 Å². The van der Waals surface area contributed by atoms with Crippen molar-refractivity contribution in [2.45, 2.75) is 25.9 Å². The first-order valence-corrected chi connectivity index (χ1v) is 8.99. The molecule has 0 bridgehead atoms. The van der Waals surface area contributed by atoms with Crippen LogP contribution in [0.4, 0.5) is 11.9 Å². The Balaban J connectivity index is 1.30. The summed E-state index contributed by atoms with van der Waals surface area (Å²) >= 11 is 0. The smallest absolute Gasteiger partial charge is 0.259 e. The van der Waals surface area contributed by atoms with Crippen LogP contribution in [0.15, 0.2) is 33.4 Å². The minimum absolute atomic E-state index is 0.210. The Kier molecular flexibility index (Phi) is 3.93. The van der Waals surface area contributed by atoms with Gasteiger partial charge < -0.3 is 20.0 Å². The van der Waals surface area contributed by atoms with Gasteiger partial charge in [0, 0.05) is 31.7 Å². The van der Waals surface area contributed by atoms with Crippen molar-refractivity contribution in [3.05, 3.63) is 35.9 Å². The maximum Gasteiger partial charge on any atom is 0.259 e. The highest BCUT2D eigenvalue weighted by atomic mass is 16.5. The van der Waals surface area contributed by atoms with Gasteiger partial charge in [-0.05, 0) is 25.5 Å². The van der Waals surface area contributed by atoms with Crippen LogP contribution >= 0.6 is 0 Å². The van der Waals surface area contributed by atoms with Crippen molar-refractivity contribution in [2.24, 2.45) is 0 Å². The van der Waals surface area contributed by atoms with Gasteiger partial charge in [-0.1, -0.05) is 5.16 Å². The van der Waals surface area contributed by atoms with E-state index in [-0.39, 0.29) is 12.0 Å². The molecule has 0 saturated carbocycles. The summed E-state index contributed by atoms with van der Waals surface area (Å²) in [5.41, 5.74) is 6.98. The van der Waals surface area contributed by atoms with Gasteiger partial charge >= 0.3 is 0 Å². The third kappa shape index (κ3) is 3.16. The highest BCUT2D eigenvalue weighted by molar-refractivity contribution is 5.52. The van der Waals surface area contributed by atoms with Crippen molar-refractivity contribution in [3.63, 3.8) is 0 Å². The maximum absolute atomic E-state index is 6.04. The first kappa shape index (κ1) is 16.7. The van der Waals surface area contributed by atoms with Gasteiger partial charge in [-0.2, -0.15) is 19.5 Å². The first-order chi connectivity index (χ1) is 13.6. The van der Waals surface area contributed by atoms with Crippen LogP contribution in [0.2, 0.25) is 0 Å². The largest absolute Gasteiger partial charge is 0.461 e. The third-order valence-electron chi connectivity index (χ3n) is 4.64. The molecule has 4 aromatic heterocycles. The van der Waals surface area contributed by atoms with Gasteiger partial charge in [0.25, 0.3) is 5.78 Å².